The predicted octanol–water partition coefficient (Wildman–Crippen LogP) is 4.55. The van der Waals surface area contributed by atoms with Crippen molar-refractivity contribution >= 4 is 37.2 Å². The van der Waals surface area contributed by atoms with Crippen LogP contribution >= 0.6 is 11.3 Å². The van der Waals surface area contributed by atoms with Crippen molar-refractivity contribution in [1.29, 1.82) is 0 Å². The van der Waals surface area contributed by atoms with E-state index in [0.717, 1.165) is 93.8 Å². The van der Waals surface area contributed by atoms with E-state index in [1.807, 2.05) is 0 Å². The topological polar surface area (TPSA) is 66.4 Å². The van der Waals surface area contributed by atoms with E-state index in [4.69, 9.17) is 0 Å². The van der Waals surface area contributed by atoms with Crippen molar-refractivity contribution in [2.45, 2.75) is 51.1 Å². The largest absolute Gasteiger partial charge is 0.393 e. The van der Waals surface area contributed by atoms with Gasteiger partial charge in [-0.15, -0.1) is 11.3 Å². The lowest BCUT2D eigenvalue weighted by atomic mass is 9.82. The molecule has 0 amide bonds. The van der Waals surface area contributed by atoms with E-state index in [0.29, 0.717) is 22.4 Å². The Bertz CT molecular complexity index is 1160. The van der Waals surface area contributed by atoms with Gasteiger partial charge in [-0.2, -0.15) is 13.2 Å². The number of anilines is 1. The minimum Gasteiger partial charge on any atom is -0.355 e. The number of likely N-dealkylation sites (tertiary alicyclic amines) is 1. The molecule has 2 aliphatic heterocycles. The third-order valence-corrected chi connectivity index (χ3v) is 10.1. The number of halogens is 3. The summed E-state index contributed by atoms with van der Waals surface area (Å²) in [6.07, 6.45) is 4.06. The summed E-state index contributed by atoms with van der Waals surface area (Å²) < 4.78 is 61.9. The van der Waals surface area contributed by atoms with Gasteiger partial charge in [0.15, 0.2) is 0 Å². The molecule has 1 saturated carbocycles. The molecule has 1 aliphatic carbocycles. The quantitative estimate of drug-likeness (QED) is 0.546. The zero-order chi connectivity index (χ0) is 24.8. The van der Waals surface area contributed by atoms with E-state index in [1.165, 1.54) is 12.6 Å². The molecule has 2 aromatic heterocycles. The van der Waals surface area contributed by atoms with Crippen LogP contribution in [0.2, 0.25) is 0 Å². The molecule has 0 bridgehead atoms. The normalized spacial score (nSPS) is 28.5. The zero-order valence-electron chi connectivity index (χ0n) is 20.1. The first-order chi connectivity index (χ1) is 16.5. The summed E-state index contributed by atoms with van der Waals surface area (Å²) in [5.41, 5.74) is 0.204. The molecule has 6 nitrogen and oxygen atoms in total. The van der Waals surface area contributed by atoms with Crippen molar-refractivity contribution in [3.63, 3.8) is 0 Å². The van der Waals surface area contributed by atoms with E-state index in [9.17, 15) is 21.6 Å². The third kappa shape index (κ3) is 6.10. The van der Waals surface area contributed by atoms with Gasteiger partial charge in [-0.1, -0.05) is 0 Å². The predicted molar refractivity (Wildman–Crippen MR) is 133 cm³/mol. The van der Waals surface area contributed by atoms with Gasteiger partial charge in [-0.05, 0) is 63.0 Å². The maximum Gasteiger partial charge on any atom is 0.393 e. The molecule has 0 N–H and O–H groups in total. The van der Waals surface area contributed by atoms with E-state index in [-0.39, 0.29) is 10.3 Å². The fourth-order valence-corrected chi connectivity index (χ4v) is 8.65. The monoisotopic (exact) mass is 530 g/mol. The summed E-state index contributed by atoms with van der Waals surface area (Å²) in [5, 5.41) is 0.731. The van der Waals surface area contributed by atoms with Gasteiger partial charge in [0.05, 0.1) is 17.6 Å². The lowest BCUT2D eigenvalue weighted by molar-refractivity contribution is -0.126. The fourth-order valence-electron chi connectivity index (χ4n) is 6.44. The highest BCUT2D eigenvalue weighted by Gasteiger charge is 2.44. The first kappa shape index (κ1) is 25.2. The summed E-state index contributed by atoms with van der Waals surface area (Å²) >= 11 is 1.10. The Morgan fingerprint density at radius 3 is 2.51 bits per heavy atom. The van der Waals surface area contributed by atoms with Crippen molar-refractivity contribution in [2.24, 2.45) is 17.3 Å². The summed E-state index contributed by atoms with van der Waals surface area (Å²) in [7, 11) is -2.90. The molecular weight excluding hydrogens is 497 g/mol. The highest BCUT2D eigenvalue weighted by molar-refractivity contribution is 7.90. The van der Waals surface area contributed by atoms with Crippen LogP contribution in [0.25, 0.3) is 10.2 Å². The van der Waals surface area contributed by atoms with Gasteiger partial charge >= 0.3 is 6.18 Å². The Balaban J connectivity index is 1.18. The van der Waals surface area contributed by atoms with Crippen LogP contribution in [0.3, 0.4) is 0 Å². The van der Waals surface area contributed by atoms with Crippen molar-refractivity contribution < 1.29 is 21.6 Å². The molecule has 3 fully saturated rings. The summed E-state index contributed by atoms with van der Waals surface area (Å²) in [6.45, 7) is 4.94. The molecule has 194 valence electrons. The molecule has 1 atom stereocenters. The minimum absolute atomic E-state index is 0.204. The van der Waals surface area contributed by atoms with E-state index < -0.39 is 22.4 Å². The molecule has 11 heteroatoms. The molecule has 1 unspecified atom stereocenters. The maximum absolute atomic E-state index is 12.9. The van der Waals surface area contributed by atoms with Crippen LogP contribution in [0.1, 0.15) is 43.4 Å². The van der Waals surface area contributed by atoms with Crippen molar-refractivity contribution in [1.82, 2.24) is 14.9 Å². The van der Waals surface area contributed by atoms with Crippen LogP contribution in [0.15, 0.2) is 12.4 Å². The number of hydrogen-bond donors (Lipinski definition) is 0. The Morgan fingerprint density at radius 1 is 1.09 bits per heavy atom. The molecule has 35 heavy (non-hydrogen) atoms. The Morgan fingerprint density at radius 2 is 1.80 bits per heavy atom. The van der Waals surface area contributed by atoms with Crippen LogP contribution in [-0.2, 0) is 16.3 Å². The van der Waals surface area contributed by atoms with Crippen LogP contribution < -0.4 is 4.90 Å². The van der Waals surface area contributed by atoms with Gasteiger partial charge in [0.2, 0.25) is 0 Å². The number of fused-ring (bicyclic) bond motifs is 1. The minimum atomic E-state index is -4.23. The molecule has 0 aromatic carbocycles. The van der Waals surface area contributed by atoms with Crippen molar-refractivity contribution in [2.75, 3.05) is 49.6 Å². The zero-order valence-corrected chi connectivity index (χ0v) is 21.7. The average Bonchev–Trinajstić information content (AvgIpc) is 3.45. The van der Waals surface area contributed by atoms with E-state index in [1.54, 1.807) is 6.07 Å². The standard InChI is InChI=1S/C24H33F3N4O2S2/c1-35(32,33)13-18-4-2-17(3-5-18)12-30-8-6-23(14-30)7-9-31(15-23)21-20-10-19(11-24(25,26)27)34-22(20)29-16-28-21/h10,16-18H,2-9,11-15H2,1H3. The second kappa shape index (κ2) is 9.45. The summed E-state index contributed by atoms with van der Waals surface area (Å²) in [4.78, 5) is 14.4. The Labute approximate surface area is 208 Å². The lowest BCUT2D eigenvalue weighted by Gasteiger charge is -2.32. The summed E-state index contributed by atoms with van der Waals surface area (Å²) in [5.74, 6) is 2.03. The van der Waals surface area contributed by atoms with Crippen molar-refractivity contribution in [3.05, 3.63) is 17.3 Å². The number of alkyl halides is 3. The maximum atomic E-state index is 12.9. The van der Waals surface area contributed by atoms with Crippen LogP contribution in [0.5, 0.6) is 0 Å². The molecule has 4 heterocycles. The molecule has 2 aromatic rings. The SMILES string of the molecule is CS(=O)(=O)CC1CCC(CN2CCC3(CCN(c4ncnc5sc(CC(F)(F)F)cc45)C3)C2)CC1. The first-order valence-electron chi connectivity index (χ1n) is 12.4. The van der Waals surface area contributed by atoms with Crippen LogP contribution in [0, 0.1) is 17.3 Å². The third-order valence-electron chi connectivity index (χ3n) is 8.01. The number of hydrogen-bond acceptors (Lipinski definition) is 7. The second-order valence-corrected chi connectivity index (χ2v) is 14.4. The van der Waals surface area contributed by atoms with Gasteiger partial charge < -0.3 is 9.80 Å². The van der Waals surface area contributed by atoms with Gasteiger partial charge in [-0.25, -0.2) is 18.4 Å². The van der Waals surface area contributed by atoms with Gasteiger partial charge in [0.1, 0.15) is 26.8 Å². The Kier molecular flexibility index (Phi) is 6.80. The summed E-state index contributed by atoms with van der Waals surface area (Å²) in [6, 6.07) is 1.62. The molecule has 3 aliphatic rings. The number of sulfone groups is 1. The number of aromatic nitrogens is 2. The van der Waals surface area contributed by atoms with E-state index in [2.05, 4.69) is 19.8 Å². The second-order valence-electron chi connectivity index (χ2n) is 11.1. The fraction of sp³-hybridized carbons (Fsp3) is 0.750. The smallest absolute Gasteiger partial charge is 0.355 e. The van der Waals surface area contributed by atoms with Crippen LogP contribution in [0.4, 0.5) is 19.0 Å². The number of nitrogens with zero attached hydrogens (tertiary/aromatic N) is 4. The lowest BCUT2D eigenvalue weighted by Crippen LogP contribution is -2.34. The van der Waals surface area contributed by atoms with Crippen LogP contribution in [-0.4, -0.2) is 74.2 Å². The highest BCUT2D eigenvalue weighted by atomic mass is 32.2. The first-order valence-corrected chi connectivity index (χ1v) is 15.3. The van der Waals surface area contributed by atoms with Gasteiger partial charge in [0, 0.05) is 42.7 Å². The molecule has 5 rings (SSSR count). The molecule has 1 spiro atoms. The van der Waals surface area contributed by atoms with Gasteiger partial charge in [0.25, 0.3) is 0 Å². The Hall–Kier alpha value is -1.46. The average molecular weight is 531 g/mol. The van der Waals surface area contributed by atoms with Gasteiger partial charge in [-0.3, -0.25) is 0 Å². The van der Waals surface area contributed by atoms with Crippen molar-refractivity contribution in [3.8, 4) is 0 Å². The highest BCUT2D eigenvalue weighted by Crippen LogP contribution is 2.43. The molecule has 2 saturated heterocycles. The molecular formula is C24H33F3N4O2S2. The number of thiophene rings is 1. The number of rotatable bonds is 6. The van der Waals surface area contributed by atoms with E-state index >= 15 is 0 Å². The molecule has 0 radical (unpaired) electrons.